The minimum atomic E-state index is -3.80. The number of hydrogen-bond acceptors (Lipinski definition) is 5. The maximum Gasteiger partial charge on any atom is 0.441 e. The van der Waals surface area contributed by atoms with E-state index in [1.54, 1.807) is 48.5 Å². The molecule has 0 spiro atoms. The standard InChI is InChI=1S/C21H25O5P/c1-3-4-7-12-18(2)24-21(22)17-27(23,25-19-13-8-5-9-14-19)26-20-15-10-6-11-16-20/h3,5-6,8-11,13-16,18H,1,4,7,12,17H2,2H3/t18-/m0/s1. The Morgan fingerprint density at radius 2 is 1.56 bits per heavy atom. The van der Waals surface area contributed by atoms with Gasteiger partial charge in [-0.05, 0) is 50.5 Å². The normalized spacial score (nSPS) is 12.0. The molecular formula is C21H25O5P. The average molecular weight is 388 g/mol. The fourth-order valence-electron chi connectivity index (χ4n) is 2.40. The molecule has 0 radical (unpaired) electrons. The molecule has 2 aromatic carbocycles. The van der Waals surface area contributed by atoms with Crippen molar-refractivity contribution < 1.29 is 23.1 Å². The fraction of sp³-hybridized carbons (Fsp3) is 0.286. The van der Waals surface area contributed by atoms with Crippen molar-refractivity contribution in [2.45, 2.75) is 32.3 Å². The predicted molar refractivity (Wildman–Crippen MR) is 106 cm³/mol. The van der Waals surface area contributed by atoms with Crippen molar-refractivity contribution in [1.82, 2.24) is 0 Å². The summed E-state index contributed by atoms with van der Waals surface area (Å²) in [6.07, 6.45) is 3.51. The maximum absolute atomic E-state index is 13.2. The molecule has 2 rings (SSSR count). The molecule has 0 aliphatic carbocycles. The quantitative estimate of drug-likeness (QED) is 0.216. The van der Waals surface area contributed by atoms with Gasteiger partial charge in [0, 0.05) is 0 Å². The van der Waals surface area contributed by atoms with E-state index < -0.39 is 19.7 Å². The van der Waals surface area contributed by atoms with Gasteiger partial charge in [0.25, 0.3) is 0 Å². The van der Waals surface area contributed by atoms with Crippen molar-refractivity contribution in [2.75, 3.05) is 6.16 Å². The zero-order valence-electron chi connectivity index (χ0n) is 15.5. The summed E-state index contributed by atoms with van der Waals surface area (Å²) >= 11 is 0. The van der Waals surface area contributed by atoms with Crippen LogP contribution in [0, 0.1) is 0 Å². The summed E-state index contributed by atoms with van der Waals surface area (Å²) in [5, 5.41) is 0. The highest BCUT2D eigenvalue weighted by molar-refractivity contribution is 7.55. The van der Waals surface area contributed by atoms with Gasteiger partial charge in [-0.3, -0.25) is 4.79 Å². The minimum Gasteiger partial charge on any atom is -0.462 e. The first-order chi connectivity index (χ1) is 13.0. The Morgan fingerprint density at radius 1 is 1.04 bits per heavy atom. The molecule has 2 aromatic rings. The molecule has 5 nitrogen and oxygen atoms in total. The zero-order chi connectivity index (χ0) is 19.5. The molecule has 0 N–H and O–H groups in total. The second-order valence-electron chi connectivity index (χ2n) is 6.10. The summed E-state index contributed by atoms with van der Waals surface area (Å²) in [6.45, 7) is 5.48. The van der Waals surface area contributed by atoms with Crippen LogP contribution >= 0.6 is 7.60 Å². The molecule has 144 valence electrons. The fourth-order valence-corrected chi connectivity index (χ4v) is 3.84. The van der Waals surface area contributed by atoms with E-state index in [1.807, 2.05) is 25.1 Å². The van der Waals surface area contributed by atoms with Crippen molar-refractivity contribution >= 4 is 13.6 Å². The first kappa shape index (κ1) is 20.8. The molecule has 0 aromatic heterocycles. The molecule has 0 amide bonds. The lowest BCUT2D eigenvalue weighted by Gasteiger charge is -2.20. The molecule has 0 fully saturated rings. The van der Waals surface area contributed by atoms with Crippen LogP contribution in [0.15, 0.2) is 73.3 Å². The van der Waals surface area contributed by atoms with E-state index in [4.69, 9.17) is 13.8 Å². The molecule has 27 heavy (non-hydrogen) atoms. The summed E-state index contributed by atoms with van der Waals surface area (Å²) in [7, 11) is -3.80. The predicted octanol–water partition coefficient (Wildman–Crippen LogP) is 5.63. The number of unbranched alkanes of at least 4 members (excludes halogenated alkanes) is 1. The Bertz CT molecular complexity index is 715. The van der Waals surface area contributed by atoms with Gasteiger partial charge in [0.1, 0.15) is 11.5 Å². The Hall–Kier alpha value is -2.52. The Balaban J connectivity index is 2.06. The van der Waals surface area contributed by atoms with Crippen LogP contribution in [-0.2, 0) is 14.1 Å². The second-order valence-corrected chi connectivity index (χ2v) is 8.00. The lowest BCUT2D eigenvalue weighted by Crippen LogP contribution is -2.20. The third-order valence-electron chi connectivity index (χ3n) is 3.65. The highest BCUT2D eigenvalue weighted by atomic mass is 31.2. The van der Waals surface area contributed by atoms with E-state index in [-0.39, 0.29) is 6.10 Å². The molecule has 1 atom stereocenters. The third kappa shape index (κ3) is 7.71. The molecule has 0 heterocycles. The molecule has 0 saturated carbocycles. The van der Waals surface area contributed by atoms with Crippen molar-refractivity contribution in [2.24, 2.45) is 0 Å². The van der Waals surface area contributed by atoms with Crippen molar-refractivity contribution in [3.63, 3.8) is 0 Å². The van der Waals surface area contributed by atoms with E-state index >= 15 is 0 Å². The molecule has 0 aliphatic heterocycles. The van der Waals surface area contributed by atoms with E-state index in [9.17, 15) is 9.36 Å². The van der Waals surface area contributed by atoms with Crippen LogP contribution in [0.4, 0.5) is 0 Å². The number of benzene rings is 2. The maximum atomic E-state index is 13.2. The first-order valence-corrected chi connectivity index (χ1v) is 10.6. The van der Waals surface area contributed by atoms with Crippen LogP contribution in [0.5, 0.6) is 11.5 Å². The van der Waals surface area contributed by atoms with E-state index in [2.05, 4.69) is 6.58 Å². The minimum absolute atomic E-state index is 0.278. The molecule has 0 unspecified atom stereocenters. The lowest BCUT2D eigenvalue weighted by molar-refractivity contribution is -0.145. The first-order valence-electron chi connectivity index (χ1n) is 8.89. The average Bonchev–Trinajstić information content (AvgIpc) is 2.63. The highest BCUT2D eigenvalue weighted by Crippen LogP contribution is 2.48. The molecule has 6 heteroatoms. The van der Waals surface area contributed by atoms with E-state index in [1.165, 1.54) is 0 Å². The molecular weight excluding hydrogens is 363 g/mol. The topological polar surface area (TPSA) is 61.8 Å². The largest absolute Gasteiger partial charge is 0.462 e. The summed E-state index contributed by atoms with van der Waals surface area (Å²) in [5.74, 6) is 0.114. The Morgan fingerprint density at radius 3 is 2.04 bits per heavy atom. The summed E-state index contributed by atoms with van der Waals surface area (Å²) in [4.78, 5) is 12.3. The summed E-state index contributed by atoms with van der Waals surface area (Å²) in [5.41, 5.74) is 0. The number of allylic oxidation sites excluding steroid dienone is 1. The number of hydrogen-bond donors (Lipinski definition) is 0. The number of ether oxygens (including phenoxy) is 1. The van der Waals surface area contributed by atoms with Crippen molar-refractivity contribution in [3.8, 4) is 11.5 Å². The zero-order valence-corrected chi connectivity index (χ0v) is 16.3. The van der Waals surface area contributed by atoms with E-state index in [0.29, 0.717) is 17.9 Å². The lowest BCUT2D eigenvalue weighted by atomic mass is 10.2. The number of esters is 1. The van der Waals surface area contributed by atoms with Gasteiger partial charge in [0.2, 0.25) is 0 Å². The van der Waals surface area contributed by atoms with Gasteiger partial charge in [-0.25, -0.2) is 4.57 Å². The van der Waals surface area contributed by atoms with Crippen LogP contribution in [0.1, 0.15) is 26.2 Å². The van der Waals surface area contributed by atoms with Crippen LogP contribution in [0.3, 0.4) is 0 Å². The van der Waals surface area contributed by atoms with Gasteiger partial charge >= 0.3 is 13.6 Å². The SMILES string of the molecule is C=CCCC[C@H](C)OC(=O)CP(=O)(Oc1ccccc1)Oc1ccccc1. The van der Waals surface area contributed by atoms with Crippen LogP contribution < -0.4 is 9.05 Å². The monoisotopic (exact) mass is 388 g/mol. The van der Waals surface area contributed by atoms with Crippen molar-refractivity contribution in [1.29, 1.82) is 0 Å². The molecule has 0 saturated heterocycles. The second kappa shape index (κ2) is 10.6. The third-order valence-corrected chi connectivity index (χ3v) is 5.27. The molecule has 0 bridgehead atoms. The van der Waals surface area contributed by atoms with Gasteiger partial charge in [0.15, 0.2) is 6.16 Å². The number of rotatable bonds is 11. The van der Waals surface area contributed by atoms with Crippen LogP contribution in [-0.4, -0.2) is 18.2 Å². The smallest absolute Gasteiger partial charge is 0.441 e. The van der Waals surface area contributed by atoms with Gasteiger partial charge in [-0.15, -0.1) is 6.58 Å². The van der Waals surface area contributed by atoms with Gasteiger partial charge < -0.3 is 13.8 Å². The summed E-state index contributed by atoms with van der Waals surface area (Å²) in [6, 6.07) is 17.3. The van der Waals surface area contributed by atoms with Gasteiger partial charge in [-0.2, -0.15) is 0 Å². The Labute approximate surface area is 160 Å². The van der Waals surface area contributed by atoms with Crippen molar-refractivity contribution in [3.05, 3.63) is 73.3 Å². The van der Waals surface area contributed by atoms with Crippen LogP contribution in [0.25, 0.3) is 0 Å². The van der Waals surface area contributed by atoms with E-state index in [0.717, 1.165) is 12.8 Å². The van der Waals surface area contributed by atoms with Gasteiger partial charge in [0.05, 0.1) is 6.10 Å². The number of carbonyl (C=O) groups is 1. The molecule has 0 aliphatic rings. The Kier molecular flexibility index (Phi) is 8.15. The summed E-state index contributed by atoms with van der Waals surface area (Å²) < 4.78 is 29.8. The highest BCUT2D eigenvalue weighted by Gasteiger charge is 2.33. The van der Waals surface area contributed by atoms with Crippen LogP contribution in [0.2, 0.25) is 0 Å². The number of para-hydroxylation sites is 2. The number of carbonyl (C=O) groups excluding carboxylic acids is 1. The van der Waals surface area contributed by atoms with Gasteiger partial charge in [-0.1, -0.05) is 42.5 Å².